The summed E-state index contributed by atoms with van der Waals surface area (Å²) in [5.41, 5.74) is 0.665. The lowest BCUT2D eigenvalue weighted by Crippen LogP contribution is -2.48. The first-order chi connectivity index (χ1) is 10.2. The number of aromatic nitrogens is 4. The van der Waals surface area contributed by atoms with Crippen molar-refractivity contribution in [3.8, 4) is 0 Å². The number of amides is 1. The molecule has 0 saturated carbocycles. The Labute approximate surface area is 123 Å². The van der Waals surface area contributed by atoms with Crippen molar-refractivity contribution in [2.24, 2.45) is 0 Å². The second-order valence-electron chi connectivity index (χ2n) is 5.60. The Morgan fingerprint density at radius 2 is 2.33 bits per heavy atom. The number of aromatic amines is 1. The lowest BCUT2D eigenvalue weighted by atomic mass is 10.0. The maximum Gasteiger partial charge on any atom is 0.245 e. The van der Waals surface area contributed by atoms with Gasteiger partial charge < -0.3 is 10.2 Å². The van der Waals surface area contributed by atoms with Gasteiger partial charge in [0.05, 0.1) is 11.6 Å². The molecule has 1 saturated heterocycles. The van der Waals surface area contributed by atoms with E-state index < -0.39 is 0 Å². The fourth-order valence-electron chi connectivity index (χ4n) is 2.82. The van der Waals surface area contributed by atoms with Crippen LogP contribution in [0.5, 0.6) is 0 Å². The summed E-state index contributed by atoms with van der Waals surface area (Å²) >= 11 is 0. The summed E-state index contributed by atoms with van der Waals surface area (Å²) in [6, 6.07) is -0.00612. The van der Waals surface area contributed by atoms with Crippen LogP contribution < -0.4 is 5.32 Å². The molecule has 3 rings (SSSR count). The van der Waals surface area contributed by atoms with Crippen LogP contribution in [0.3, 0.4) is 0 Å². The van der Waals surface area contributed by atoms with E-state index in [0.29, 0.717) is 17.5 Å². The van der Waals surface area contributed by atoms with Gasteiger partial charge in [-0.1, -0.05) is 0 Å². The van der Waals surface area contributed by atoms with Crippen LogP contribution in [0.4, 0.5) is 5.82 Å². The highest BCUT2D eigenvalue weighted by molar-refractivity contribution is 5.90. The smallest absolute Gasteiger partial charge is 0.245 e. The van der Waals surface area contributed by atoms with Gasteiger partial charge in [0.2, 0.25) is 5.91 Å². The zero-order valence-corrected chi connectivity index (χ0v) is 12.3. The average Bonchev–Trinajstić information content (AvgIpc) is 2.96. The van der Waals surface area contributed by atoms with E-state index in [1.165, 1.54) is 12.7 Å². The maximum absolute atomic E-state index is 12.6. The zero-order valence-electron chi connectivity index (χ0n) is 12.3. The van der Waals surface area contributed by atoms with E-state index in [4.69, 9.17) is 0 Å². The Morgan fingerprint density at radius 3 is 3.14 bits per heavy atom. The maximum atomic E-state index is 12.6. The standard InChI is InChI=1S/C14H20N6O/c1-9-5-3-4-6-20(9)14(21)10(2)18-12-11-7-17-19-13(11)16-8-15-12/h7-10H,3-6H2,1-2H3,(H2,15,16,17,18,19). The van der Waals surface area contributed by atoms with E-state index in [1.807, 2.05) is 11.8 Å². The predicted molar refractivity (Wildman–Crippen MR) is 79.8 cm³/mol. The highest BCUT2D eigenvalue weighted by atomic mass is 16.2. The number of hydrogen-bond donors (Lipinski definition) is 2. The first kappa shape index (κ1) is 13.8. The summed E-state index contributed by atoms with van der Waals surface area (Å²) in [4.78, 5) is 22.9. The summed E-state index contributed by atoms with van der Waals surface area (Å²) < 4.78 is 0. The third-order valence-electron chi connectivity index (χ3n) is 4.06. The molecule has 3 heterocycles. The van der Waals surface area contributed by atoms with Crippen LogP contribution in [-0.4, -0.2) is 49.6 Å². The third kappa shape index (κ3) is 2.68. The summed E-state index contributed by atoms with van der Waals surface area (Å²) in [7, 11) is 0. The van der Waals surface area contributed by atoms with Crippen LogP contribution in [0.1, 0.15) is 33.1 Å². The van der Waals surface area contributed by atoms with Crippen molar-refractivity contribution in [2.75, 3.05) is 11.9 Å². The zero-order chi connectivity index (χ0) is 14.8. The number of rotatable bonds is 3. The molecular formula is C14H20N6O. The van der Waals surface area contributed by atoms with Crippen LogP contribution in [0, 0.1) is 0 Å². The van der Waals surface area contributed by atoms with Gasteiger partial charge in [-0.25, -0.2) is 9.97 Å². The molecule has 0 spiro atoms. The van der Waals surface area contributed by atoms with Crippen molar-refractivity contribution in [2.45, 2.75) is 45.2 Å². The van der Waals surface area contributed by atoms with Crippen molar-refractivity contribution in [1.29, 1.82) is 0 Å². The van der Waals surface area contributed by atoms with Crippen molar-refractivity contribution >= 4 is 22.8 Å². The second kappa shape index (κ2) is 5.67. The quantitative estimate of drug-likeness (QED) is 0.895. The minimum atomic E-state index is -0.321. The van der Waals surface area contributed by atoms with E-state index in [9.17, 15) is 4.79 Å². The number of anilines is 1. The van der Waals surface area contributed by atoms with Gasteiger partial charge in [-0.3, -0.25) is 9.89 Å². The van der Waals surface area contributed by atoms with Crippen LogP contribution in [-0.2, 0) is 4.79 Å². The van der Waals surface area contributed by atoms with Gasteiger partial charge in [-0.05, 0) is 33.1 Å². The molecule has 2 N–H and O–H groups in total. The lowest BCUT2D eigenvalue weighted by Gasteiger charge is -2.35. The Morgan fingerprint density at radius 1 is 1.48 bits per heavy atom. The number of hydrogen-bond acceptors (Lipinski definition) is 5. The number of nitrogens with one attached hydrogen (secondary N) is 2. The largest absolute Gasteiger partial charge is 0.358 e. The van der Waals surface area contributed by atoms with Gasteiger partial charge in [0.25, 0.3) is 0 Å². The average molecular weight is 288 g/mol. The molecule has 2 unspecified atom stereocenters. The SMILES string of the molecule is CC(Nc1ncnc2[nH]ncc12)C(=O)N1CCCCC1C. The number of piperidine rings is 1. The van der Waals surface area contributed by atoms with Gasteiger partial charge in [0.15, 0.2) is 5.65 Å². The molecule has 21 heavy (non-hydrogen) atoms. The first-order valence-corrected chi connectivity index (χ1v) is 7.38. The van der Waals surface area contributed by atoms with Gasteiger partial charge in [0.1, 0.15) is 18.2 Å². The summed E-state index contributed by atoms with van der Waals surface area (Å²) in [6.45, 7) is 4.83. The van der Waals surface area contributed by atoms with E-state index in [1.54, 1.807) is 6.20 Å². The number of carbonyl (C=O) groups excluding carboxylic acids is 1. The third-order valence-corrected chi connectivity index (χ3v) is 4.06. The molecule has 1 aliphatic rings. The molecule has 2 atom stereocenters. The van der Waals surface area contributed by atoms with Crippen LogP contribution in [0.2, 0.25) is 0 Å². The second-order valence-corrected chi connectivity index (χ2v) is 5.60. The Kier molecular flexibility index (Phi) is 3.72. The fraction of sp³-hybridized carbons (Fsp3) is 0.571. The van der Waals surface area contributed by atoms with E-state index in [-0.39, 0.29) is 11.9 Å². The number of H-pyrrole nitrogens is 1. The number of likely N-dealkylation sites (tertiary alicyclic amines) is 1. The van der Waals surface area contributed by atoms with Crippen LogP contribution in [0.25, 0.3) is 11.0 Å². The monoisotopic (exact) mass is 288 g/mol. The number of fused-ring (bicyclic) bond motifs is 1. The molecular weight excluding hydrogens is 268 g/mol. The molecule has 0 aliphatic carbocycles. The minimum Gasteiger partial charge on any atom is -0.358 e. The Hall–Kier alpha value is -2.18. The van der Waals surface area contributed by atoms with Gasteiger partial charge in [-0.2, -0.15) is 5.10 Å². The van der Waals surface area contributed by atoms with Gasteiger partial charge in [-0.15, -0.1) is 0 Å². The molecule has 0 radical (unpaired) electrons. The number of nitrogens with zero attached hydrogens (tertiary/aromatic N) is 4. The highest BCUT2D eigenvalue weighted by Crippen LogP contribution is 2.20. The van der Waals surface area contributed by atoms with E-state index in [0.717, 1.165) is 24.8 Å². The van der Waals surface area contributed by atoms with Crippen LogP contribution >= 0.6 is 0 Å². The molecule has 1 fully saturated rings. The molecule has 2 aromatic rings. The normalized spacial score (nSPS) is 20.5. The van der Waals surface area contributed by atoms with Crippen molar-refractivity contribution in [3.63, 3.8) is 0 Å². The Bertz CT molecular complexity index is 639. The summed E-state index contributed by atoms with van der Waals surface area (Å²) in [5, 5.41) is 10.7. The van der Waals surface area contributed by atoms with Crippen LogP contribution in [0.15, 0.2) is 12.5 Å². The van der Waals surface area contributed by atoms with Crippen molar-refractivity contribution in [3.05, 3.63) is 12.5 Å². The first-order valence-electron chi connectivity index (χ1n) is 7.38. The molecule has 2 aromatic heterocycles. The fourth-order valence-corrected chi connectivity index (χ4v) is 2.82. The number of carbonyl (C=O) groups is 1. The van der Waals surface area contributed by atoms with Gasteiger partial charge in [0, 0.05) is 12.6 Å². The van der Waals surface area contributed by atoms with Crippen molar-refractivity contribution in [1.82, 2.24) is 25.1 Å². The van der Waals surface area contributed by atoms with E-state index >= 15 is 0 Å². The molecule has 1 aliphatic heterocycles. The van der Waals surface area contributed by atoms with Crippen molar-refractivity contribution < 1.29 is 4.79 Å². The summed E-state index contributed by atoms with van der Waals surface area (Å²) in [6.07, 6.45) is 6.50. The molecule has 7 nitrogen and oxygen atoms in total. The highest BCUT2D eigenvalue weighted by Gasteiger charge is 2.27. The topological polar surface area (TPSA) is 86.8 Å². The summed E-state index contributed by atoms with van der Waals surface area (Å²) in [5.74, 6) is 0.761. The molecule has 1 amide bonds. The Balaban J connectivity index is 1.75. The molecule has 112 valence electrons. The molecule has 0 aromatic carbocycles. The van der Waals surface area contributed by atoms with E-state index in [2.05, 4.69) is 32.4 Å². The minimum absolute atomic E-state index is 0.123. The van der Waals surface area contributed by atoms with Gasteiger partial charge >= 0.3 is 0 Å². The predicted octanol–water partition coefficient (Wildman–Crippen LogP) is 1.55. The molecule has 0 bridgehead atoms. The molecule has 7 heteroatoms. The lowest BCUT2D eigenvalue weighted by molar-refractivity contribution is -0.134.